The van der Waals surface area contributed by atoms with E-state index in [0.717, 1.165) is 28.6 Å². The fourth-order valence-electron chi connectivity index (χ4n) is 1.79. The number of aryl methyl sites for hydroxylation is 2. The van der Waals surface area contributed by atoms with Gasteiger partial charge in [-0.25, -0.2) is 4.99 Å². The molecule has 1 fully saturated rings. The molecule has 1 saturated heterocycles. The quantitative estimate of drug-likeness (QED) is 0.908. The molecule has 2 rings (SSSR count). The number of carboxylic acid groups (broad SMARTS) is 1. The molecule has 6 heteroatoms. The number of amidine groups is 1. The Hall–Kier alpha value is -1.82. The van der Waals surface area contributed by atoms with Crippen LogP contribution in [0.3, 0.4) is 0 Å². The van der Waals surface area contributed by atoms with E-state index in [1.54, 1.807) is 7.05 Å². The maximum Gasteiger partial charge on any atom is 0.317 e. The molecule has 20 heavy (non-hydrogen) atoms. The minimum absolute atomic E-state index is 0.00243. The fourth-order valence-corrected chi connectivity index (χ4v) is 2.79. The van der Waals surface area contributed by atoms with Crippen molar-refractivity contribution in [1.82, 2.24) is 4.90 Å². The van der Waals surface area contributed by atoms with Gasteiger partial charge in [0.15, 0.2) is 5.17 Å². The third-order valence-electron chi connectivity index (χ3n) is 3.26. The summed E-state index contributed by atoms with van der Waals surface area (Å²) in [5.41, 5.74) is 3.00. The first-order valence-corrected chi connectivity index (χ1v) is 7.08. The Morgan fingerprint density at radius 3 is 2.70 bits per heavy atom. The SMILES string of the molecule is Cc1ccc(N=C2S[C@H](C(=O)O)CC(=O)N2C)cc1C. The van der Waals surface area contributed by atoms with Crippen LogP contribution in [-0.2, 0) is 9.59 Å². The highest BCUT2D eigenvalue weighted by molar-refractivity contribution is 8.15. The van der Waals surface area contributed by atoms with Gasteiger partial charge in [-0.15, -0.1) is 0 Å². The van der Waals surface area contributed by atoms with Gasteiger partial charge >= 0.3 is 5.97 Å². The summed E-state index contributed by atoms with van der Waals surface area (Å²) in [6, 6.07) is 5.74. The monoisotopic (exact) mass is 292 g/mol. The van der Waals surface area contributed by atoms with Gasteiger partial charge in [0.1, 0.15) is 5.25 Å². The average Bonchev–Trinajstić information content (AvgIpc) is 2.38. The van der Waals surface area contributed by atoms with Gasteiger partial charge in [0, 0.05) is 7.05 Å². The predicted octanol–water partition coefficient (Wildman–Crippen LogP) is 2.34. The lowest BCUT2D eigenvalue weighted by atomic mass is 10.1. The van der Waals surface area contributed by atoms with Gasteiger partial charge in [0.2, 0.25) is 5.91 Å². The van der Waals surface area contributed by atoms with E-state index in [4.69, 9.17) is 5.11 Å². The Bertz CT molecular complexity index is 598. The Morgan fingerprint density at radius 2 is 2.10 bits per heavy atom. The molecule has 0 bridgehead atoms. The first kappa shape index (κ1) is 14.6. The number of carbonyl (C=O) groups is 2. The van der Waals surface area contributed by atoms with Crippen molar-refractivity contribution in [3.63, 3.8) is 0 Å². The van der Waals surface area contributed by atoms with Crippen molar-refractivity contribution in [2.75, 3.05) is 7.05 Å². The van der Waals surface area contributed by atoms with E-state index in [-0.39, 0.29) is 12.3 Å². The number of rotatable bonds is 2. The summed E-state index contributed by atoms with van der Waals surface area (Å²) in [5.74, 6) is -1.21. The van der Waals surface area contributed by atoms with E-state index >= 15 is 0 Å². The molecule has 1 aliphatic heterocycles. The number of aliphatic carboxylic acids is 1. The number of hydrogen-bond donors (Lipinski definition) is 1. The number of aliphatic imine (C=N–C) groups is 1. The van der Waals surface area contributed by atoms with Crippen molar-refractivity contribution >= 4 is 34.5 Å². The van der Waals surface area contributed by atoms with Crippen LogP contribution >= 0.6 is 11.8 Å². The number of thioether (sulfide) groups is 1. The molecule has 0 spiro atoms. The molecule has 0 aromatic heterocycles. The Kier molecular flexibility index (Phi) is 4.13. The second-order valence-corrected chi connectivity index (χ2v) is 5.93. The first-order valence-electron chi connectivity index (χ1n) is 6.20. The Labute approximate surface area is 121 Å². The third-order valence-corrected chi connectivity index (χ3v) is 4.49. The van der Waals surface area contributed by atoms with Crippen LogP contribution in [-0.4, -0.2) is 39.3 Å². The minimum atomic E-state index is -0.982. The summed E-state index contributed by atoms with van der Waals surface area (Å²) in [7, 11) is 1.62. The standard InChI is InChI=1S/C14H16N2O3S/c1-8-4-5-10(6-9(8)2)15-14-16(3)12(17)7-11(20-14)13(18)19/h4-6,11H,7H2,1-3H3,(H,18,19)/t11-/m0/s1. The lowest BCUT2D eigenvalue weighted by Crippen LogP contribution is -2.41. The highest BCUT2D eigenvalue weighted by Gasteiger charge is 2.33. The van der Waals surface area contributed by atoms with E-state index in [1.165, 1.54) is 4.90 Å². The molecule has 0 unspecified atom stereocenters. The van der Waals surface area contributed by atoms with Crippen molar-refractivity contribution in [2.24, 2.45) is 4.99 Å². The molecule has 0 radical (unpaired) electrons. The number of carbonyl (C=O) groups excluding carboxylic acids is 1. The topological polar surface area (TPSA) is 70.0 Å². The van der Waals surface area contributed by atoms with Crippen LogP contribution in [0.1, 0.15) is 17.5 Å². The van der Waals surface area contributed by atoms with Crippen LogP contribution in [0.25, 0.3) is 0 Å². The molecule has 1 aliphatic rings. The molecule has 1 amide bonds. The van der Waals surface area contributed by atoms with E-state index < -0.39 is 11.2 Å². The fraction of sp³-hybridized carbons (Fsp3) is 0.357. The summed E-state index contributed by atoms with van der Waals surface area (Å²) < 4.78 is 0. The second kappa shape index (κ2) is 5.66. The highest BCUT2D eigenvalue weighted by atomic mass is 32.2. The van der Waals surface area contributed by atoms with Crippen LogP contribution in [0, 0.1) is 13.8 Å². The zero-order valence-corrected chi connectivity index (χ0v) is 12.4. The molecule has 106 valence electrons. The van der Waals surface area contributed by atoms with Crippen molar-refractivity contribution in [3.8, 4) is 0 Å². The molecule has 0 aliphatic carbocycles. The van der Waals surface area contributed by atoms with E-state index in [1.807, 2.05) is 32.0 Å². The van der Waals surface area contributed by atoms with Crippen LogP contribution < -0.4 is 0 Å². The van der Waals surface area contributed by atoms with Crippen LogP contribution in [0.5, 0.6) is 0 Å². The third kappa shape index (κ3) is 3.01. The smallest absolute Gasteiger partial charge is 0.317 e. The summed E-state index contributed by atoms with van der Waals surface area (Å²) in [5, 5.41) is 8.73. The van der Waals surface area contributed by atoms with Crippen molar-refractivity contribution in [1.29, 1.82) is 0 Å². The molecular weight excluding hydrogens is 276 g/mol. The van der Waals surface area contributed by atoms with Gasteiger partial charge in [0.05, 0.1) is 12.1 Å². The van der Waals surface area contributed by atoms with Crippen LogP contribution in [0.4, 0.5) is 5.69 Å². The summed E-state index contributed by atoms with van der Waals surface area (Å²) >= 11 is 1.11. The second-order valence-electron chi connectivity index (χ2n) is 4.76. The summed E-state index contributed by atoms with van der Waals surface area (Å²) in [6.07, 6.45) is 0.00243. The van der Waals surface area contributed by atoms with Gasteiger partial charge in [-0.1, -0.05) is 17.8 Å². The Balaban J connectivity index is 2.32. The largest absolute Gasteiger partial charge is 0.480 e. The summed E-state index contributed by atoms with van der Waals surface area (Å²) in [4.78, 5) is 28.7. The van der Waals surface area contributed by atoms with E-state index in [9.17, 15) is 9.59 Å². The lowest BCUT2D eigenvalue weighted by Gasteiger charge is -2.27. The van der Waals surface area contributed by atoms with Crippen molar-refractivity contribution in [3.05, 3.63) is 29.3 Å². The van der Waals surface area contributed by atoms with Crippen LogP contribution in [0.2, 0.25) is 0 Å². The van der Waals surface area contributed by atoms with E-state index in [2.05, 4.69) is 4.99 Å². The van der Waals surface area contributed by atoms with Crippen LogP contribution in [0.15, 0.2) is 23.2 Å². The molecule has 1 aromatic carbocycles. The molecule has 1 heterocycles. The highest BCUT2D eigenvalue weighted by Crippen LogP contribution is 2.28. The van der Waals surface area contributed by atoms with Gasteiger partial charge in [-0.3, -0.25) is 14.5 Å². The van der Waals surface area contributed by atoms with Crippen molar-refractivity contribution < 1.29 is 14.7 Å². The van der Waals surface area contributed by atoms with E-state index in [0.29, 0.717) is 5.17 Å². The molecular formula is C14H16N2O3S. The number of benzene rings is 1. The lowest BCUT2D eigenvalue weighted by molar-refractivity contribution is -0.139. The molecule has 0 saturated carbocycles. The molecule has 5 nitrogen and oxygen atoms in total. The van der Waals surface area contributed by atoms with Gasteiger partial charge in [0.25, 0.3) is 0 Å². The molecule has 1 aromatic rings. The van der Waals surface area contributed by atoms with Gasteiger partial charge in [-0.2, -0.15) is 0 Å². The molecule has 1 N–H and O–H groups in total. The maximum atomic E-state index is 11.8. The zero-order valence-electron chi connectivity index (χ0n) is 11.6. The first-order chi connectivity index (χ1) is 9.38. The summed E-state index contributed by atoms with van der Waals surface area (Å²) in [6.45, 7) is 4.00. The normalized spacial score (nSPS) is 21.4. The zero-order chi connectivity index (χ0) is 14.9. The minimum Gasteiger partial charge on any atom is -0.480 e. The average molecular weight is 292 g/mol. The number of carboxylic acids is 1. The molecule has 1 atom stereocenters. The predicted molar refractivity (Wildman–Crippen MR) is 79.4 cm³/mol. The van der Waals surface area contributed by atoms with Gasteiger partial charge < -0.3 is 5.11 Å². The maximum absolute atomic E-state index is 11.8. The van der Waals surface area contributed by atoms with Gasteiger partial charge in [-0.05, 0) is 37.1 Å². The number of hydrogen-bond acceptors (Lipinski definition) is 4. The van der Waals surface area contributed by atoms with Crippen molar-refractivity contribution in [2.45, 2.75) is 25.5 Å². The Morgan fingerprint density at radius 1 is 1.40 bits per heavy atom. The number of amides is 1. The number of nitrogens with zero attached hydrogens (tertiary/aromatic N) is 2.